The van der Waals surface area contributed by atoms with Crippen molar-refractivity contribution in [1.82, 2.24) is 0 Å². The van der Waals surface area contributed by atoms with E-state index >= 15 is 0 Å². The summed E-state index contributed by atoms with van der Waals surface area (Å²) < 4.78 is 0. The number of ketones is 1. The van der Waals surface area contributed by atoms with E-state index in [1.165, 1.54) is 0 Å². The summed E-state index contributed by atoms with van der Waals surface area (Å²) in [7, 11) is 0. The molecule has 0 aromatic heterocycles. The normalized spacial score (nSPS) is 20.6. The standard InChI is InChI=1S/C14H14O3/c15-12-5-3-10(4-6-12)1-2-11-7-13(16)9-14(17)8-11/h1-7,14-15,17H,8-9H2/b2-1+. The molecule has 1 aromatic rings. The zero-order valence-corrected chi connectivity index (χ0v) is 9.34. The molecule has 3 heteroatoms. The summed E-state index contributed by atoms with van der Waals surface area (Å²) in [6, 6.07) is 6.78. The summed E-state index contributed by atoms with van der Waals surface area (Å²) in [5.74, 6) is 0.193. The summed E-state index contributed by atoms with van der Waals surface area (Å²) >= 11 is 0. The second-order valence-electron chi connectivity index (χ2n) is 4.17. The van der Waals surface area contributed by atoms with E-state index in [2.05, 4.69) is 0 Å². The number of carbonyl (C=O) groups is 1. The average molecular weight is 230 g/mol. The van der Waals surface area contributed by atoms with Gasteiger partial charge in [-0.05, 0) is 35.8 Å². The smallest absolute Gasteiger partial charge is 0.158 e. The molecule has 0 aliphatic heterocycles. The summed E-state index contributed by atoms with van der Waals surface area (Å²) in [5, 5.41) is 18.6. The summed E-state index contributed by atoms with van der Waals surface area (Å²) in [6.45, 7) is 0. The van der Waals surface area contributed by atoms with Crippen molar-refractivity contribution in [1.29, 1.82) is 0 Å². The third-order valence-corrected chi connectivity index (χ3v) is 2.64. The Bertz CT molecular complexity index is 469. The minimum Gasteiger partial charge on any atom is -0.508 e. The number of hydrogen-bond acceptors (Lipinski definition) is 3. The van der Waals surface area contributed by atoms with Crippen LogP contribution in [0, 0.1) is 0 Å². The minimum atomic E-state index is -0.563. The molecular formula is C14H14O3. The molecule has 0 spiro atoms. The molecule has 0 radical (unpaired) electrons. The lowest BCUT2D eigenvalue weighted by atomic mass is 9.95. The third-order valence-electron chi connectivity index (χ3n) is 2.64. The fraction of sp³-hybridized carbons (Fsp3) is 0.214. The van der Waals surface area contributed by atoms with E-state index in [0.29, 0.717) is 6.42 Å². The predicted octanol–water partition coefficient (Wildman–Crippen LogP) is 2.06. The molecule has 0 amide bonds. The molecule has 0 saturated carbocycles. The SMILES string of the molecule is O=C1C=C(/C=C/c2ccc(O)cc2)CC(O)C1. The Balaban J connectivity index is 2.10. The quantitative estimate of drug-likeness (QED) is 0.817. The van der Waals surface area contributed by atoms with E-state index in [1.54, 1.807) is 30.3 Å². The molecule has 1 atom stereocenters. The molecule has 3 nitrogen and oxygen atoms in total. The maximum Gasteiger partial charge on any atom is 0.158 e. The summed E-state index contributed by atoms with van der Waals surface area (Å²) in [4.78, 5) is 11.2. The highest BCUT2D eigenvalue weighted by Crippen LogP contribution is 2.18. The van der Waals surface area contributed by atoms with Gasteiger partial charge in [0.15, 0.2) is 5.78 Å². The number of allylic oxidation sites excluding steroid dienone is 2. The number of phenolic OH excluding ortho intramolecular Hbond substituents is 1. The van der Waals surface area contributed by atoms with Gasteiger partial charge < -0.3 is 10.2 Å². The van der Waals surface area contributed by atoms with Gasteiger partial charge in [-0.25, -0.2) is 0 Å². The van der Waals surface area contributed by atoms with Crippen LogP contribution in [0.15, 0.2) is 42.0 Å². The van der Waals surface area contributed by atoms with Crippen LogP contribution in [0.25, 0.3) is 6.08 Å². The molecule has 1 aliphatic carbocycles. The van der Waals surface area contributed by atoms with Crippen molar-refractivity contribution in [3.63, 3.8) is 0 Å². The molecule has 17 heavy (non-hydrogen) atoms. The fourth-order valence-electron chi connectivity index (χ4n) is 1.81. The number of rotatable bonds is 2. The zero-order chi connectivity index (χ0) is 12.3. The Morgan fingerprint density at radius 3 is 2.47 bits per heavy atom. The molecule has 1 aromatic carbocycles. The largest absolute Gasteiger partial charge is 0.508 e. The Labute approximate surface area is 99.7 Å². The molecule has 88 valence electrons. The molecule has 2 N–H and O–H groups in total. The summed E-state index contributed by atoms with van der Waals surface area (Å²) in [6.07, 6.45) is 5.43. The molecule has 1 aliphatic rings. The van der Waals surface area contributed by atoms with E-state index in [9.17, 15) is 9.90 Å². The van der Waals surface area contributed by atoms with Crippen molar-refractivity contribution < 1.29 is 15.0 Å². The fourth-order valence-corrected chi connectivity index (χ4v) is 1.81. The van der Waals surface area contributed by atoms with Gasteiger partial charge in [0, 0.05) is 6.42 Å². The average Bonchev–Trinajstić information content (AvgIpc) is 2.27. The first kappa shape index (κ1) is 11.6. The number of hydrogen-bond donors (Lipinski definition) is 2. The van der Waals surface area contributed by atoms with Crippen LogP contribution in [0.3, 0.4) is 0 Å². The van der Waals surface area contributed by atoms with Gasteiger partial charge in [-0.15, -0.1) is 0 Å². The first-order valence-corrected chi connectivity index (χ1v) is 5.52. The van der Waals surface area contributed by atoms with Crippen LogP contribution in [0.2, 0.25) is 0 Å². The van der Waals surface area contributed by atoms with Gasteiger partial charge >= 0.3 is 0 Å². The maximum atomic E-state index is 11.2. The van der Waals surface area contributed by atoms with Gasteiger partial charge in [0.25, 0.3) is 0 Å². The van der Waals surface area contributed by atoms with E-state index in [0.717, 1.165) is 11.1 Å². The van der Waals surface area contributed by atoms with E-state index in [-0.39, 0.29) is 18.0 Å². The Morgan fingerprint density at radius 1 is 1.12 bits per heavy atom. The van der Waals surface area contributed by atoms with Crippen molar-refractivity contribution in [2.75, 3.05) is 0 Å². The van der Waals surface area contributed by atoms with Crippen molar-refractivity contribution in [3.8, 4) is 5.75 Å². The van der Waals surface area contributed by atoms with Gasteiger partial charge in [-0.3, -0.25) is 4.79 Å². The van der Waals surface area contributed by atoms with E-state index in [1.807, 2.05) is 12.2 Å². The Morgan fingerprint density at radius 2 is 1.82 bits per heavy atom. The van der Waals surface area contributed by atoms with Gasteiger partial charge in [0.1, 0.15) is 5.75 Å². The lowest BCUT2D eigenvalue weighted by Gasteiger charge is -2.14. The highest BCUT2D eigenvalue weighted by molar-refractivity contribution is 5.92. The van der Waals surface area contributed by atoms with Crippen LogP contribution in [-0.4, -0.2) is 22.1 Å². The zero-order valence-electron chi connectivity index (χ0n) is 9.34. The minimum absolute atomic E-state index is 0.0332. The highest BCUT2D eigenvalue weighted by Gasteiger charge is 2.16. The molecule has 0 bridgehead atoms. The first-order chi connectivity index (χ1) is 8.13. The molecule has 1 unspecified atom stereocenters. The van der Waals surface area contributed by atoms with Gasteiger partial charge in [-0.2, -0.15) is 0 Å². The second-order valence-corrected chi connectivity index (χ2v) is 4.17. The van der Waals surface area contributed by atoms with Gasteiger partial charge in [0.2, 0.25) is 0 Å². The monoisotopic (exact) mass is 230 g/mol. The Hall–Kier alpha value is -1.87. The molecular weight excluding hydrogens is 216 g/mol. The summed E-state index contributed by atoms with van der Waals surface area (Å²) in [5.41, 5.74) is 1.78. The van der Waals surface area contributed by atoms with Crippen LogP contribution in [0.1, 0.15) is 18.4 Å². The third kappa shape index (κ3) is 3.29. The first-order valence-electron chi connectivity index (χ1n) is 5.52. The van der Waals surface area contributed by atoms with Gasteiger partial charge in [-0.1, -0.05) is 24.3 Å². The molecule has 0 heterocycles. The lowest BCUT2D eigenvalue weighted by molar-refractivity contribution is -0.116. The number of benzene rings is 1. The number of aliphatic hydroxyl groups excluding tert-OH is 1. The van der Waals surface area contributed by atoms with Crippen LogP contribution >= 0.6 is 0 Å². The maximum absolute atomic E-state index is 11.2. The molecule has 2 rings (SSSR count). The Kier molecular flexibility index (Phi) is 3.40. The van der Waals surface area contributed by atoms with Crippen LogP contribution in [0.5, 0.6) is 5.75 Å². The predicted molar refractivity (Wildman–Crippen MR) is 65.5 cm³/mol. The van der Waals surface area contributed by atoms with Crippen molar-refractivity contribution in [2.24, 2.45) is 0 Å². The topological polar surface area (TPSA) is 57.5 Å². The van der Waals surface area contributed by atoms with E-state index < -0.39 is 6.10 Å². The van der Waals surface area contributed by atoms with Crippen LogP contribution in [0.4, 0.5) is 0 Å². The number of aromatic hydroxyl groups is 1. The van der Waals surface area contributed by atoms with Crippen LogP contribution in [-0.2, 0) is 4.79 Å². The van der Waals surface area contributed by atoms with Crippen molar-refractivity contribution in [2.45, 2.75) is 18.9 Å². The highest BCUT2D eigenvalue weighted by atomic mass is 16.3. The van der Waals surface area contributed by atoms with Crippen molar-refractivity contribution in [3.05, 3.63) is 47.6 Å². The van der Waals surface area contributed by atoms with Crippen LogP contribution < -0.4 is 0 Å². The molecule has 0 fully saturated rings. The van der Waals surface area contributed by atoms with Gasteiger partial charge in [0.05, 0.1) is 6.10 Å². The number of carbonyl (C=O) groups excluding carboxylic acids is 1. The lowest BCUT2D eigenvalue weighted by Crippen LogP contribution is -2.17. The second kappa shape index (κ2) is 4.97. The number of aliphatic hydroxyl groups is 1. The van der Waals surface area contributed by atoms with E-state index in [4.69, 9.17) is 5.11 Å². The number of phenols is 1. The van der Waals surface area contributed by atoms with Crippen molar-refractivity contribution >= 4 is 11.9 Å². The molecule has 0 saturated heterocycles.